The number of pyridine rings is 1. The smallest absolute Gasteiger partial charge is 0.475 e. The average molecular weight is 1070 g/mol. The number of aromatic nitrogens is 3. The molecule has 4 atom stereocenters. The van der Waals surface area contributed by atoms with Gasteiger partial charge in [-0.25, -0.2) is 18.8 Å². The molecule has 5 aromatic rings. The second kappa shape index (κ2) is 22.5. The van der Waals surface area contributed by atoms with Gasteiger partial charge in [-0.3, -0.25) is 14.7 Å². The number of piperidine rings is 1. The number of likely N-dealkylation sites (N-methyl/N-ethyl adjacent to an activating group) is 1. The van der Waals surface area contributed by atoms with E-state index >= 15 is 4.39 Å². The van der Waals surface area contributed by atoms with E-state index in [1.54, 1.807) is 12.3 Å². The first-order valence-electron chi connectivity index (χ1n) is 20.9. The maximum atomic E-state index is 16.7. The number of hydrogen-bond acceptors (Lipinski definition) is 12. The largest absolute Gasteiger partial charge is 0.490 e. The van der Waals surface area contributed by atoms with Crippen LogP contribution < -0.4 is 9.64 Å². The van der Waals surface area contributed by atoms with Gasteiger partial charge in [0.1, 0.15) is 23.6 Å². The van der Waals surface area contributed by atoms with Gasteiger partial charge < -0.3 is 25.0 Å². The number of carbonyl (C=O) groups excluding carboxylic acids is 1. The summed E-state index contributed by atoms with van der Waals surface area (Å²) in [5.41, 5.74) is 0.999. The summed E-state index contributed by atoms with van der Waals surface area (Å²) < 4.78 is 154. The standard InChI is InChI=1S/C38H36ClF2N5O4S.3C2HF3O2/c1-45-18-24(15-32(47)26-7-2-8-28(16-26)51(41,48)49)14-27(45)21-50-38-43-36-30(37(44-38)46-19-22-11-12-23(13-22)20-46)17-42-35(34(36)40)29-9-3-5-25-6-4-10-31(39)33(25)29;3*3-2(4,5)1(6)7/h2-10,16-17,22-24,27H,11-15,18-21H2,1H3;3*(H,6,7)/t22?,23?,24-,27-;;;/m0.../s1. The van der Waals surface area contributed by atoms with Gasteiger partial charge in [-0.15, -0.1) is 3.89 Å². The van der Waals surface area contributed by atoms with E-state index in [9.17, 15) is 56.6 Å². The van der Waals surface area contributed by atoms with Crippen LogP contribution in [0.25, 0.3) is 32.9 Å². The zero-order valence-electron chi connectivity index (χ0n) is 36.9. The third-order valence-electron chi connectivity index (χ3n) is 11.5. The molecule has 3 aromatic carbocycles. The second-order valence-corrected chi connectivity index (χ2v) is 18.4. The molecule has 2 unspecified atom stereocenters. The number of carbonyl (C=O) groups is 4. The zero-order chi connectivity index (χ0) is 53.7. The van der Waals surface area contributed by atoms with Gasteiger partial charge in [0, 0.05) is 59.8 Å². The number of anilines is 1. The van der Waals surface area contributed by atoms with Crippen molar-refractivity contribution >= 4 is 73.0 Å². The maximum absolute atomic E-state index is 16.7. The highest BCUT2D eigenvalue weighted by Crippen LogP contribution is 2.42. The minimum atomic E-state index is -5.08. The number of aliphatic carboxylic acids is 3. The number of fused-ring (bicyclic) bond motifs is 4. The summed E-state index contributed by atoms with van der Waals surface area (Å²) in [6.45, 7) is 2.47. The molecular weight excluding hydrogens is 1040 g/mol. The van der Waals surface area contributed by atoms with Crippen LogP contribution in [-0.4, -0.2) is 125 Å². The van der Waals surface area contributed by atoms with E-state index in [0.717, 1.165) is 30.6 Å². The van der Waals surface area contributed by atoms with Crippen molar-refractivity contribution in [3.63, 3.8) is 0 Å². The lowest BCUT2D eigenvalue weighted by molar-refractivity contribution is -0.193. The Hall–Kier alpha value is -6.48. The van der Waals surface area contributed by atoms with Crippen molar-refractivity contribution in [1.29, 1.82) is 0 Å². The van der Waals surface area contributed by atoms with Gasteiger partial charge in [0.05, 0.1) is 10.3 Å². The molecular formula is C44H39ClF11N5O10S. The minimum absolute atomic E-state index is 0.0303. The lowest BCUT2D eigenvalue weighted by atomic mass is 9.96. The van der Waals surface area contributed by atoms with E-state index in [0.29, 0.717) is 52.0 Å². The van der Waals surface area contributed by atoms with Crippen LogP contribution in [0.5, 0.6) is 6.01 Å². The SMILES string of the molecule is CN1C[C@H](CC(=O)c2cccc(S(=O)(=O)F)c2)C[C@H]1COc1nc(N2CC3CCC(C3)C2)c2cnc(-c3cccc4cccc(Cl)c34)c(F)c2n1.O=C(O)C(F)(F)F.O=C(O)C(F)(F)F.O=C(O)C(F)(F)F. The molecule has 15 nitrogen and oxygen atoms in total. The Kier molecular flexibility index (Phi) is 17.7. The third-order valence-corrected chi connectivity index (χ3v) is 12.6. The maximum Gasteiger partial charge on any atom is 0.490 e. The summed E-state index contributed by atoms with van der Waals surface area (Å²) in [5.74, 6) is -7.40. The Morgan fingerprint density at radius 2 is 1.33 bits per heavy atom. The molecule has 0 radical (unpaired) electrons. The monoisotopic (exact) mass is 1070 g/mol. The molecule has 8 rings (SSSR count). The molecule has 3 N–H and O–H groups in total. The first kappa shape index (κ1) is 56.4. The average Bonchev–Trinajstić information content (AvgIpc) is 3.82. The van der Waals surface area contributed by atoms with Crippen molar-refractivity contribution in [2.24, 2.45) is 17.8 Å². The highest BCUT2D eigenvalue weighted by molar-refractivity contribution is 7.86. The number of ketones is 1. The van der Waals surface area contributed by atoms with Crippen molar-refractivity contribution in [2.45, 2.75) is 61.6 Å². The molecule has 28 heteroatoms. The molecule has 2 aromatic heterocycles. The van der Waals surface area contributed by atoms with E-state index < -0.39 is 57.4 Å². The van der Waals surface area contributed by atoms with Crippen molar-refractivity contribution < 1.29 is 95.4 Å². The molecule has 390 valence electrons. The third kappa shape index (κ3) is 14.6. The van der Waals surface area contributed by atoms with Crippen LogP contribution in [0.15, 0.2) is 71.8 Å². The quantitative estimate of drug-likeness (QED) is 0.0712. The number of likely N-dealkylation sites (tertiary alicyclic amines) is 1. The fraction of sp³-hybridized carbons (Fsp3) is 0.386. The molecule has 1 saturated carbocycles. The van der Waals surface area contributed by atoms with Gasteiger partial charge >= 0.3 is 52.7 Å². The van der Waals surface area contributed by atoms with Crippen LogP contribution >= 0.6 is 11.6 Å². The number of alkyl halides is 9. The number of halogens is 12. The van der Waals surface area contributed by atoms with Crippen molar-refractivity contribution in [1.82, 2.24) is 19.9 Å². The summed E-state index contributed by atoms with van der Waals surface area (Å²) in [5, 5.41) is 24.0. The number of carboxylic acids is 3. The zero-order valence-corrected chi connectivity index (χ0v) is 38.5. The fourth-order valence-electron chi connectivity index (χ4n) is 8.30. The number of Topliss-reactive ketones (excluding diaryl/α,β-unsaturated/α-hetero) is 1. The highest BCUT2D eigenvalue weighted by atomic mass is 35.5. The summed E-state index contributed by atoms with van der Waals surface area (Å²) in [4.78, 5) is 57.7. The molecule has 72 heavy (non-hydrogen) atoms. The van der Waals surface area contributed by atoms with Gasteiger partial charge in [0.2, 0.25) is 0 Å². The molecule has 1 aliphatic carbocycles. The number of carboxylic acid groups (broad SMARTS) is 3. The van der Waals surface area contributed by atoms with Crippen molar-refractivity contribution in [3.8, 4) is 17.3 Å². The molecule has 2 saturated heterocycles. The lowest BCUT2D eigenvalue weighted by Gasteiger charge is -2.33. The number of ether oxygens (including phenoxy) is 1. The predicted octanol–water partition coefficient (Wildman–Crippen LogP) is 9.40. The van der Waals surface area contributed by atoms with Crippen molar-refractivity contribution in [2.75, 3.05) is 38.2 Å². The van der Waals surface area contributed by atoms with Gasteiger partial charge in [-0.1, -0.05) is 54.1 Å². The molecule has 2 aliphatic heterocycles. The van der Waals surface area contributed by atoms with E-state index in [4.69, 9.17) is 51.0 Å². The number of hydrogen-bond donors (Lipinski definition) is 3. The Morgan fingerprint density at radius 3 is 1.88 bits per heavy atom. The summed E-state index contributed by atoms with van der Waals surface area (Å²) in [6.07, 6.45) is -9.26. The van der Waals surface area contributed by atoms with Gasteiger partial charge in [0.15, 0.2) is 11.6 Å². The predicted molar refractivity (Wildman–Crippen MR) is 233 cm³/mol. The van der Waals surface area contributed by atoms with Crippen LogP contribution in [0.1, 0.15) is 42.5 Å². The van der Waals surface area contributed by atoms with Crippen molar-refractivity contribution in [3.05, 3.63) is 83.3 Å². The normalized spacial score (nSPS) is 19.0. The van der Waals surface area contributed by atoms with Gasteiger partial charge in [-0.05, 0) is 74.1 Å². The van der Waals surface area contributed by atoms with E-state index in [-0.39, 0.29) is 53.6 Å². The second-order valence-electron chi connectivity index (χ2n) is 16.6. The Balaban J connectivity index is 0.000000385. The first-order chi connectivity index (χ1) is 33.3. The first-order valence-corrected chi connectivity index (χ1v) is 22.7. The fourth-order valence-corrected chi connectivity index (χ4v) is 9.09. The van der Waals surface area contributed by atoms with Crippen LogP contribution in [0.3, 0.4) is 0 Å². The van der Waals surface area contributed by atoms with E-state index in [1.165, 1.54) is 31.4 Å². The van der Waals surface area contributed by atoms with Crippen LogP contribution in [-0.2, 0) is 24.6 Å². The Bertz CT molecular complexity index is 2870. The van der Waals surface area contributed by atoms with E-state index in [2.05, 4.69) is 19.8 Å². The van der Waals surface area contributed by atoms with Crippen LogP contribution in [0, 0.1) is 23.6 Å². The van der Waals surface area contributed by atoms with Crippen LogP contribution in [0.2, 0.25) is 5.02 Å². The highest BCUT2D eigenvalue weighted by Gasteiger charge is 2.40. The molecule has 2 bridgehead atoms. The molecule has 4 heterocycles. The number of benzene rings is 3. The molecule has 3 fully saturated rings. The Labute approximate surface area is 405 Å². The number of rotatable bonds is 9. The molecule has 0 amide bonds. The summed E-state index contributed by atoms with van der Waals surface area (Å²) in [7, 11) is -2.98. The summed E-state index contributed by atoms with van der Waals surface area (Å²) >= 11 is 6.61. The minimum Gasteiger partial charge on any atom is -0.475 e. The Morgan fingerprint density at radius 1 is 0.792 bits per heavy atom. The summed E-state index contributed by atoms with van der Waals surface area (Å²) in [6, 6.07) is 16.2. The van der Waals surface area contributed by atoms with Gasteiger partial charge in [0.25, 0.3) is 0 Å². The molecule has 3 aliphatic rings. The number of nitrogens with zero attached hydrogens (tertiary/aromatic N) is 5. The lowest BCUT2D eigenvalue weighted by Crippen LogP contribution is -2.37. The molecule has 0 spiro atoms. The van der Waals surface area contributed by atoms with Crippen LogP contribution in [0.4, 0.5) is 53.6 Å². The van der Waals surface area contributed by atoms with Gasteiger partial charge in [-0.2, -0.15) is 57.9 Å². The topological polar surface area (TPSA) is 217 Å². The van der Waals surface area contributed by atoms with E-state index in [1.807, 2.05) is 37.4 Å².